The number of nitrogens with zero attached hydrogens (tertiary/aromatic N) is 3. The Bertz CT molecular complexity index is 1490. The molecule has 0 aliphatic rings. The smallest absolute Gasteiger partial charge is 0.338 e. The molecule has 1 heterocycles. The van der Waals surface area contributed by atoms with E-state index in [-0.39, 0.29) is 23.5 Å². The third-order valence-corrected chi connectivity index (χ3v) is 5.15. The molecular weight excluding hydrogens is 438 g/mol. The Morgan fingerprint density at radius 3 is 2.38 bits per heavy atom. The lowest BCUT2D eigenvalue weighted by Gasteiger charge is -2.14. The van der Waals surface area contributed by atoms with E-state index in [1.165, 1.54) is 48.7 Å². The van der Waals surface area contributed by atoms with Crippen molar-refractivity contribution in [2.75, 3.05) is 6.61 Å². The molecule has 0 fully saturated rings. The molecule has 9 heteroatoms. The first-order valence-electron chi connectivity index (χ1n) is 10.3. The van der Waals surface area contributed by atoms with Gasteiger partial charge in [0.15, 0.2) is 0 Å². The van der Waals surface area contributed by atoms with Crippen molar-refractivity contribution in [2.24, 2.45) is 4.99 Å². The summed E-state index contributed by atoms with van der Waals surface area (Å²) in [4.78, 5) is 40.2. The van der Waals surface area contributed by atoms with Crippen LogP contribution in [0.1, 0.15) is 22.8 Å². The summed E-state index contributed by atoms with van der Waals surface area (Å²) in [5.74, 6) is -0.892. The van der Waals surface area contributed by atoms with Gasteiger partial charge in [0.25, 0.3) is 11.2 Å². The first-order valence-corrected chi connectivity index (χ1v) is 10.3. The first-order chi connectivity index (χ1) is 16.4. The number of hydrogen-bond donors (Lipinski definition) is 1. The number of aliphatic imine (C=N–C) groups is 1. The van der Waals surface area contributed by atoms with Crippen molar-refractivity contribution in [1.29, 1.82) is 0 Å². The van der Waals surface area contributed by atoms with E-state index in [2.05, 4.69) is 4.99 Å². The van der Waals surface area contributed by atoms with Crippen molar-refractivity contribution >= 4 is 34.3 Å². The minimum atomic E-state index is -0.545. The van der Waals surface area contributed by atoms with Gasteiger partial charge in [-0.25, -0.2) is 14.4 Å². The fourth-order valence-corrected chi connectivity index (χ4v) is 3.55. The van der Waals surface area contributed by atoms with Crippen LogP contribution in [0.5, 0.6) is 5.88 Å². The van der Waals surface area contributed by atoms with E-state index < -0.39 is 22.3 Å². The maximum atomic E-state index is 13.2. The van der Waals surface area contributed by atoms with E-state index in [0.29, 0.717) is 22.0 Å². The zero-order valence-corrected chi connectivity index (χ0v) is 18.0. The van der Waals surface area contributed by atoms with Crippen molar-refractivity contribution < 1.29 is 19.6 Å². The SMILES string of the molecule is CCOC(=O)c1ccc(-n2c(O)c(C=Nc3ccccc3[N+](=O)[O-])c3ccccc3c2=O)cc1. The Kier molecular flexibility index (Phi) is 6.18. The van der Waals surface area contributed by atoms with E-state index in [9.17, 15) is 24.8 Å². The van der Waals surface area contributed by atoms with Crippen LogP contribution in [0.15, 0.2) is 82.6 Å². The lowest BCUT2D eigenvalue weighted by atomic mass is 10.1. The Labute approximate surface area is 193 Å². The number of benzene rings is 3. The lowest BCUT2D eigenvalue weighted by Crippen LogP contribution is -2.20. The summed E-state index contributed by atoms with van der Waals surface area (Å²) in [6.45, 7) is 1.93. The van der Waals surface area contributed by atoms with Crippen LogP contribution in [0.25, 0.3) is 16.5 Å². The molecule has 1 N–H and O–H groups in total. The number of aromatic nitrogens is 1. The average Bonchev–Trinajstić information content (AvgIpc) is 2.85. The number of ether oxygens (including phenoxy) is 1. The molecule has 3 aromatic carbocycles. The molecule has 0 saturated carbocycles. The summed E-state index contributed by atoms with van der Waals surface area (Å²) < 4.78 is 6.07. The fourth-order valence-electron chi connectivity index (χ4n) is 3.55. The molecule has 0 aliphatic carbocycles. The summed E-state index contributed by atoms with van der Waals surface area (Å²) in [5.41, 5.74) is 0.277. The first kappa shape index (κ1) is 22.4. The fraction of sp³-hybridized carbons (Fsp3) is 0.0800. The summed E-state index contributed by atoms with van der Waals surface area (Å²) in [6, 6.07) is 18.7. The molecule has 4 aromatic rings. The average molecular weight is 457 g/mol. The number of carbonyl (C=O) groups excluding carboxylic acids is 1. The van der Waals surface area contributed by atoms with E-state index in [1.807, 2.05) is 0 Å². The molecule has 34 heavy (non-hydrogen) atoms. The Balaban J connectivity index is 1.89. The van der Waals surface area contributed by atoms with Crippen LogP contribution in [-0.2, 0) is 4.74 Å². The third-order valence-electron chi connectivity index (χ3n) is 5.15. The number of hydrogen-bond acceptors (Lipinski definition) is 7. The molecule has 0 radical (unpaired) electrons. The van der Waals surface area contributed by atoms with Gasteiger partial charge in [0.2, 0.25) is 5.88 Å². The number of esters is 1. The van der Waals surface area contributed by atoms with Crippen molar-refractivity contribution in [2.45, 2.75) is 6.92 Å². The molecule has 9 nitrogen and oxygen atoms in total. The van der Waals surface area contributed by atoms with E-state index in [0.717, 1.165) is 4.57 Å². The Hall–Kier alpha value is -4.79. The van der Waals surface area contributed by atoms with Gasteiger partial charge < -0.3 is 9.84 Å². The molecule has 0 unspecified atom stereocenters. The van der Waals surface area contributed by atoms with Gasteiger partial charge in [-0.1, -0.05) is 30.3 Å². The number of fused-ring (bicyclic) bond motifs is 1. The predicted octanol–water partition coefficient (Wildman–Crippen LogP) is 4.53. The molecule has 0 amide bonds. The summed E-state index contributed by atoms with van der Waals surface area (Å²) in [6.07, 6.45) is 1.29. The highest BCUT2D eigenvalue weighted by Gasteiger charge is 2.18. The van der Waals surface area contributed by atoms with Crippen molar-refractivity contribution in [3.05, 3.63) is 104 Å². The van der Waals surface area contributed by atoms with Crippen LogP contribution >= 0.6 is 0 Å². The van der Waals surface area contributed by atoms with Gasteiger partial charge in [0.1, 0.15) is 5.69 Å². The molecule has 1 aromatic heterocycles. The number of nitro groups is 1. The number of pyridine rings is 1. The van der Waals surface area contributed by atoms with Gasteiger partial charge in [0.05, 0.1) is 28.3 Å². The number of para-hydroxylation sites is 2. The summed E-state index contributed by atoms with van der Waals surface area (Å²) in [5, 5.41) is 23.2. The number of nitro benzene ring substituents is 1. The Morgan fingerprint density at radius 2 is 1.71 bits per heavy atom. The van der Waals surface area contributed by atoms with Crippen LogP contribution in [0.4, 0.5) is 11.4 Å². The van der Waals surface area contributed by atoms with Gasteiger partial charge >= 0.3 is 5.97 Å². The quantitative estimate of drug-likeness (QED) is 0.196. The van der Waals surface area contributed by atoms with Crippen LogP contribution in [-0.4, -0.2) is 33.4 Å². The van der Waals surface area contributed by atoms with Crippen molar-refractivity contribution in [3.63, 3.8) is 0 Å². The maximum Gasteiger partial charge on any atom is 0.338 e. The van der Waals surface area contributed by atoms with Gasteiger partial charge in [-0.05, 0) is 43.3 Å². The predicted molar refractivity (Wildman–Crippen MR) is 128 cm³/mol. The molecule has 0 atom stereocenters. The summed E-state index contributed by atoms with van der Waals surface area (Å²) in [7, 11) is 0. The Morgan fingerprint density at radius 1 is 1.06 bits per heavy atom. The van der Waals surface area contributed by atoms with E-state index in [1.54, 1.807) is 37.3 Å². The number of aromatic hydroxyl groups is 1. The highest BCUT2D eigenvalue weighted by Crippen LogP contribution is 2.29. The van der Waals surface area contributed by atoms with Gasteiger partial charge in [-0.15, -0.1) is 0 Å². The van der Waals surface area contributed by atoms with Gasteiger partial charge in [0, 0.05) is 23.1 Å². The van der Waals surface area contributed by atoms with Gasteiger partial charge in [-0.3, -0.25) is 14.9 Å². The van der Waals surface area contributed by atoms with E-state index in [4.69, 9.17) is 4.74 Å². The number of carbonyl (C=O) groups is 1. The molecule has 0 spiro atoms. The highest BCUT2D eigenvalue weighted by molar-refractivity contribution is 6.02. The second-order valence-corrected chi connectivity index (χ2v) is 7.19. The van der Waals surface area contributed by atoms with E-state index >= 15 is 0 Å². The third kappa shape index (κ3) is 4.14. The lowest BCUT2D eigenvalue weighted by molar-refractivity contribution is -0.384. The molecule has 170 valence electrons. The zero-order chi connectivity index (χ0) is 24.2. The maximum absolute atomic E-state index is 13.2. The van der Waals surface area contributed by atoms with Gasteiger partial charge in [-0.2, -0.15) is 0 Å². The molecular formula is C25H19N3O6. The van der Waals surface area contributed by atoms with Crippen LogP contribution in [0.2, 0.25) is 0 Å². The molecule has 0 saturated heterocycles. The number of rotatable bonds is 6. The standard InChI is InChI=1S/C25H19N3O6/c1-2-34-25(31)16-11-13-17(14-12-16)27-23(29)19-8-4-3-7-18(19)20(24(27)30)15-26-21-9-5-6-10-22(21)28(32)33/h3-15,30H,2H2,1H3. The highest BCUT2D eigenvalue weighted by atomic mass is 16.6. The minimum absolute atomic E-state index is 0.104. The monoisotopic (exact) mass is 457 g/mol. The minimum Gasteiger partial charge on any atom is -0.494 e. The van der Waals surface area contributed by atoms with Crippen LogP contribution in [0.3, 0.4) is 0 Å². The summed E-state index contributed by atoms with van der Waals surface area (Å²) >= 11 is 0. The second-order valence-electron chi connectivity index (χ2n) is 7.19. The van der Waals surface area contributed by atoms with Crippen molar-refractivity contribution in [3.8, 4) is 11.6 Å². The molecule has 0 aliphatic heterocycles. The largest absolute Gasteiger partial charge is 0.494 e. The normalized spacial score (nSPS) is 11.1. The topological polar surface area (TPSA) is 124 Å². The molecule has 0 bridgehead atoms. The second kappa shape index (κ2) is 9.37. The zero-order valence-electron chi connectivity index (χ0n) is 18.0. The molecule has 4 rings (SSSR count). The van der Waals surface area contributed by atoms with Crippen LogP contribution < -0.4 is 5.56 Å². The van der Waals surface area contributed by atoms with Crippen LogP contribution in [0, 0.1) is 10.1 Å². The van der Waals surface area contributed by atoms with Crippen molar-refractivity contribution in [1.82, 2.24) is 4.57 Å².